The van der Waals surface area contributed by atoms with Crippen molar-refractivity contribution in [2.75, 3.05) is 0 Å². The topological polar surface area (TPSA) is 52.1 Å². The maximum Gasteiger partial charge on any atom is 0.209 e. The molecule has 5 nitrogen and oxygen atoms in total. The summed E-state index contributed by atoms with van der Waals surface area (Å²) in [6.07, 6.45) is 3.56. The highest BCUT2D eigenvalue weighted by Crippen LogP contribution is 2.19. The number of aromatic nitrogens is 3. The summed E-state index contributed by atoms with van der Waals surface area (Å²) in [5, 5.41) is 0. The van der Waals surface area contributed by atoms with E-state index in [2.05, 4.69) is 14.8 Å². The van der Waals surface area contributed by atoms with Crippen molar-refractivity contribution in [1.82, 2.24) is 14.5 Å². The van der Waals surface area contributed by atoms with Gasteiger partial charge in [0.25, 0.3) is 0 Å². The van der Waals surface area contributed by atoms with E-state index >= 15 is 0 Å². The molecule has 5 heteroatoms. The molecule has 0 aliphatic heterocycles. The molecule has 0 unspecified atom stereocenters. The third-order valence-electron chi connectivity index (χ3n) is 4.41. The van der Waals surface area contributed by atoms with Gasteiger partial charge in [0.2, 0.25) is 5.78 Å². The molecule has 2 heterocycles. The highest BCUT2D eigenvalue weighted by atomic mass is 16.1. The summed E-state index contributed by atoms with van der Waals surface area (Å²) in [6.45, 7) is 9.53. The van der Waals surface area contributed by atoms with Crippen LogP contribution < -0.4 is 0 Å². The highest BCUT2D eigenvalue weighted by molar-refractivity contribution is 6.08. The van der Waals surface area contributed by atoms with E-state index in [1.165, 1.54) is 0 Å². The van der Waals surface area contributed by atoms with Gasteiger partial charge in [0.05, 0.1) is 41.7 Å². The van der Waals surface area contributed by atoms with Gasteiger partial charge in [-0.2, -0.15) is 0 Å². The number of fused-ring (bicyclic) bond motifs is 1. The van der Waals surface area contributed by atoms with Crippen molar-refractivity contribution in [3.05, 3.63) is 101 Å². The zero-order valence-corrected chi connectivity index (χ0v) is 14.8. The average Bonchev–Trinajstić information content (AvgIpc) is 3.15. The van der Waals surface area contributed by atoms with Gasteiger partial charge < -0.3 is 4.57 Å². The van der Waals surface area contributed by atoms with Gasteiger partial charge in [-0.15, -0.1) is 0 Å². The van der Waals surface area contributed by atoms with Crippen molar-refractivity contribution in [2.24, 2.45) is 0 Å². The van der Waals surface area contributed by atoms with E-state index in [9.17, 15) is 4.79 Å². The maximum atomic E-state index is 12.8. The van der Waals surface area contributed by atoms with Crippen LogP contribution in [0.2, 0.25) is 0 Å². The fourth-order valence-corrected chi connectivity index (χ4v) is 2.97. The lowest BCUT2D eigenvalue weighted by atomic mass is 10.1. The van der Waals surface area contributed by atoms with Crippen LogP contribution in [-0.2, 0) is 6.54 Å². The third kappa shape index (κ3) is 3.33. The van der Waals surface area contributed by atoms with E-state index in [4.69, 9.17) is 6.57 Å². The molecule has 4 rings (SSSR count). The van der Waals surface area contributed by atoms with E-state index in [-0.39, 0.29) is 5.78 Å². The summed E-state index contributed by atoms with van der Waals surface area (Å²) in [7, 11) is 0. The Balaban J connectivity index is 1.63. The third-order valence-corrected chi connectivity index (χ3v) is 4.41. The lowest BCUT2D eigenvalue weighted by Gasteiger charge is -2.09. The van der Waals surface area contributed by atoms with Gasteiger partial charge in [-0.05, 0) is 31.2 Å². The molecule has 0 amide bonds. The molecule has 27 heavy (non-hydrogen) atoms. The van der Waals surface area contributed by atoms with Crippen LogP contribution in [0.4, 0.5) is 5.69 Å². The number of ketones is 1. The average molecular weight is 352 g/mol. The highest BCUT2D eigenvalue weighted by Gasteiger charge is 2.14. The van der Waals surface area contributed by atoms with Crippen LogP contribution in [0.3, 0.4) is 0 Å². The first-order valence-electron chi connectivity index (χ1n) is 8.54. The molecule has 2 aromatic heterocycles. The summed E-state index contributed by atoms with van der Waals surface area (Å²) in [4.78, 5) is 25.3. The summed E-state index contributed by atoms with van der Waals surface area (Å²) in [6, 6.07) is 16.5. The first-order chi connectivity index (χ1) is 13.1. The van der Waals surface area contributed by atoms with Crippen LogP contribution in [-0.4, -0.2) is 20.3 Å². The predicted molar refractivity (Wildman–Crippen MR) is 104 cm³/mol. The molecule has 0 saturated carbocycles. The predicted octanol–water partition coefficient (Wildman–Crippen LogP) is 4.57. The minimum atomic E-state index is -0.0181. The molecule has 0 N–H and O–H groups in total. The van der Waals surface area contributed by atoms with E-state index in [0.29, 0.717) is 29.0 Å². The quantitative estimate of drug-likeness (QED) is 0.399. The van der Waals surface area contributed by atoms with Crippen molar-refractivity contribution >= 4 is 22.5 Å². The molecule has 4 aromatic rings. The number of nitrogens with zero attached hydrogens (tertiary/aromatic N) is 4. The normalized spacial score (nSPS) is 10.7. The van der Waals surface area contributed by atoms with E-state index in [0.717, 1.165) is 16.8 Å². The largest absolute Gasteiger partial charge is 0.339 e. The van der Waals surface area contributed by atoms with Crippen LogP contribution in [0.5, 0.6) is 0 Å². The summed E-state index contributed by atoms with van der Waals surface area (Å²) >= 11 is 0. The lowest BCUT2D eigenvalue weighted by Crippen LogP contribution is -2.11. The van der Waals surface area contributed by atoms with Crippen LogP contribution in [0.25, 0.3) is 15.9 Å². The van der Waals surface area contributed by atoms with E-state index in [1.54, 1.807) is 24.4 Å². The Morgan fingerprint density at radius 1 is 1.11 bits per heavy atom. The Hall–Kier alpha value is -3.78. The molecule has 0 aliphatic rings. The summed E-state index contributed by atoms with van der Waals surface area (Å²) < 4.78 is 1.88. The van der Waals surface area contributed by atoms with Gasteiger partial charge in [-0.25, -0.2) is 9.83 Å². The molecular weight excluding hydrogens is 336 g/mol. The zero-order valence-electron chi connectivity index (χ0n) is 14.8. The van der Waals surface area contributed by atoms with Crippen molar-refractivity contribution < 1.29 is 4.79 Å². The second kappa shape index (κ2) is 6.85. The molecule has 0 fully saturated rings. The first kappa shape index (κ1) is 16.7. The number of rotatable bonds is 4. The van der Waals surface area contributed by atoms with Crippen molar-refractivity contribution in [2.45, 2.75) is 13.5 Å². The molecule has 0 spiro atoms. The van der Waals surface area contributed by atoms with Crippen molar-refractivity contribution in [3.63, 3.8) is 0 Å². The SMILES string of the molecule is [C-]#[N+]c1ccc2nc(Cn3cccc3C(=O)c3ccc(C)cc3)cnc2c1. The van der Waals surface area contributed by atoms with Gasteiger partial charge in [0.15, 0.2) is 5.69 Å². The number of hydrogen-bond donors (Lipinski definition) is 0. The Morgan fingerprint density at radius 3 is 2.70 bits per heavy atom. The van der Waals surface area contributed by atoms with Crippen LogP contribution in [0.1, 0.15) is 27.3 Å². The van der Waals surface area contributed by atoms with Gasteiger partial charge in [-0.3, -0.25) is 9.78 Å². The molecule has 2 aromatic carbocycles. The minimum Gasteiger partial charge on any atom is -0.339 e. The monoisotopic (exact) mass is 352 g/mol. The number of carbonyl (C=O) groups excluding carboxylic acids is 1. The summed E-state index contributed by atoms with van der Waals surface area (Å²) in [5.41, 5.74) is 5.12. The molecule has 0 saturated heterocycles. The van der Waals surface area contributed by atoms with Gasteiger partial charge in [0.1, 0.15) is 0 Å². The lowest BCUT2D eigenvalue weighted by molar-refractivity contribution is 0.103. The Kier molecular flexibility index (Phi) is 4.23. The van der Waals surface area contributed by atoms with Crippen molar-refractivity contribution in [3.8, 4) is 0 Å². The molecule has 130 valence electrons. The second-order valence-corrected chi connectivity index (χ2v) is 6.36. The molecule has 0 aliphatic carbocycles. The molecular formula is C22H16N4O. The fraction of sp³-hybridized carbons (Fsp3) is 0.0909. The second-order valence-electron chi connectivity index (χ2n) is 6.36. The smallest absolute Gasteiger partial charge is 0.209 e. The molecule has 0 bridgehead atoms. The van der Waals surface area contributed by atoms with Crippen molar-refractivity contribution in [1.29, 1.82) is 0 Å². The number of aryl methyl sites for hydroxylation is 1. The maximum absolute atomic E-state index is 12.8. The standard InChI is InChI=1S/C22H16N4O/c1-15-5-7-16(8-6-15)22(27)21-4-3-11-26(21)14-18-13-24-20-12-17(23-2)9-10-19(20)25-18/h3-13H,14H2,1H3. The van der Waals surface area contributed by atoms with E-state index < -0.39 is 0 Å². The first-order valence-corrected chi connectivity index (χ1v) is 8.54. The zero-order chi connectivity index (χ0) is 18.8. The number of carbonyl (C=O) groups is 1. The Bertz CT molecular complexity index is 1180. The fourth-order valence-electron chi connectivity index (χ4n) is 2.97. The molecule has 0 atom stereocenters. The van der Waals surface area contributed by atoms with Crippen LogP contribution in [0.15, 0.2) is 67.0 Å². The van der Waals surface area contributed by atoms with E-state index in [1.807, 2.05) is 54.1 Å². The number of hydrogen-bond acceptors (Lipinski definition) is 3. The minimum absolute atomic E-state index is 0.0181. The van der Waals surface area contributed by atoms with Crippen LogP contribution >= 0.6 is 0 Å². The Morgan fingerprint density at radius 2 is 1.93 bits per heavy atom. The van der Waals surface area contributed by atoms with Gasteiger partial charge in [0, 0.05) is 11.8 Å². The van der Waals surface area contributed by atoms with Gasteiger partial charge in [-0.1, -0.05) is 35.9 Å². The molecule has 0 radical (unpaired) electrons. The Labute approximate surface area is 156 Å². The summed E-state index contributed by atoms with van der Waals surface area (Å²) in [5.74, 6) is -0.0181. The van der Waals surface area contributed by atoms with Gasteiger partial charge >= 0.3 is 0 Å². The number of benzene rings is 2. The van der Waals surface area contributed by atoms with Crippen LogP contribution in [0, 0.1) is 13.5 Å².